The van der Waals surface area contributed by atoms with Gasteiger partial charge in [0.05, 0.1) is 12.7 Å². The molecule has 1 aromatic heterocycles. The summed E-state index contributed by atoms with van der Waals surface area (Å²) in [6.45, 7) is 0. The summed E-state index contributed by atoms with van der Waals surface area (Å²) in [6, 6.07) is 12.6. The van der Waals surface area contributed by atoms with Crippen molar-refractivity contribution >= 4 is 27.6 Å². The largest absolute Gasteiger partial charge is 0.464 e. The van der Waals surface area contributed by atoms with Gasteiger partial charge >= 0.3 is 0 Å². The van der Waals surface area contributed by atoms with Crippen LogP contribution in [0, 0.1) is 0 Å². The molecule has 0 bridgehead atoms. The first-order valence-electron chi connectivity index (χ1n) is 7.98. The lowest BCUT2D eigenvalue weighted by Crippen LogP contribution is -2.33. The number of furan rings is 1. The Morgan fingerprint density at radius 3 is 2.82 bits per heavy atom. The highest BCUT2D eigenvalue weighted by molar-refractivity contribution is 6.08. The highest BCUT2D eigenvalue weighted by atomic mass is 16.3. The summed E-state index contributed by atoms with van der Waals surface area (Å²) < 4.78 is 5.65. The molecule has 0 unspecified atom stereocenters. The fourth-order valence-electron chi connectivity index (χ4n) is 3.53. The van der Waals surface area contributed by atoms with Crippen molar-refractivity contribution in [3.05, 3.63) is 48.2 Å². The van der Waals surface area contributed by atoms with Crippen LogP contribution in [0.2, 0.25) is 0 Å². The van der Waals surface area contributed by atoms with E-state index in [-0.39, 0.29) is 5.91 Å². The fourth-order valence-corrected chi connectivity index (χ4v) is 3.53. The number of nitrogens with one attached hydrogen (secondary N) is 1. The molecule has 3 heteroatoms. The van der Waals surface area contributed by atoms with Gasteiger partial charge in [-0.1, -0.05) is 43.2 Å². The summed E-state index contributed by atoms with van der Waals surface area (Å²) in [5.74, 6) is 0.0996. The third-order valence-electron chi connectivity index (χ3n) is 4.61. The van der Waals surface area contributed by atoms with Gasteiger partial charge in [0.25, 0.3) is 0 Å². The van der Waals surface area contributed by atoms with Crippen molar-refractivity contribution < 1.29 is 9.21 Å². The van der Waals surface area contributed by atoms with Crippen LogP contribution < -0.4 is 5.32 Å². The lowest BCUT2D eigenvalue weighted by molar-refractivity contribution is -0.121. The quantitative estimate of drug-likeness (QED) is 0.787. The highest BCUT2D eigenvalue weighted by Crippen LogP contribution is 2.30. The van der Waals surface area contributed by atoms with Gasteiger partial charge in [-0.05, 0) is 29.7 Å². The molecule has 1 saturated carbocycles. The molecule has 3 aromatic rings. The molecule has 4 rings (SSSR count). The molecule has 1 N–H and O–H groups in total. The Labute approximate surface area is 129 Å². The van der Waals surface area contributed by atoms with E-state index in [0.29, 0.717) is 12.5 Å². The second-order valence-electron chi connectivity index (χ2n) is 6.15. The Morgan fingerprint density at radius 2 is 1.95 bits per heavy atom. The van der Waals surface area contributed by atoms with Gasteiger partial charge in [-0.25, -0.2) is 0 Å². The zero-order chi connectivity index (χ0) is 14.9. The SMILES string of the molecule is O=C(Cc1coc2ccc3ccccc3c12)NC1CCCC1. The van der Waals surface area contributed by atoms with E-state index in [0.717, 1.165) is 34.8 Å². The molecular formula is C19H19NO2. The van der Waals surface area contributed by atoms with Crippen molar-refractivity contribution in [1.29, 1.82) is 0 Å². The van der Waals surface area contributed by atoms with Crippen molar-refractivity contribution in [2.45, 2.75) is 38.1 Å². The van der Waals surface area contributed by atoms with Crippen LogP contribution in [0.25, 0.3) is 21.7 Å². The zero-order valence-corrected chi connectivity index (χ0v) is 12.5. The molecule has 3 nitrogen and oxygen atoms in total. The smallest absolute Gasteiger partial charge is 0.224 e. The number of benzene rings is 2. The molecule has 0 radical (unpaired) electrons. The standard InChI is InChI=1S/C19H19NO2/c21-18(20-15-6-2-3-7-15)11-14-12-22-17-10-9-13-5-1-4-8-16(13)19(14)17/h1,4-5,8-10,12,15H,2-3,6-7,11H2,(H,20,21). The number of rotatable bonds is 3. The van der Waals surface area contributed by atoms with E-state index in [1.807, 2.05) is 18.2 Å². The van der Waals surface area contributed by atoms with Crippen molar-refractivity contribution in [2.24, 2.45) is 0 Å². The minimum atomic E-state index is 0.0996. The lowest BCUT2D eigenvalue weighted by atomic mass is 10.0. The third-order valence-corrected chi connectivity index (χ3v) is 4.61. The normalized spacial score (nSPS) is 15.6. The molecule has 0 atom stereocenters. The van der Waals surface area contributed by atoms with Crippen LogP contribution in [0.4, 0.5) is 0 Å². The van der Waals surface area contributed by atoms with Gasteiger partial charge in [0.1, 0.15) is 5.58 Å². The van der Waals surface area contributed by atoms with Gasteiger partial charge in [-0.3, -0.25) is 4.79 Å². The monoisotopic (exact) mass is 293 g/mol. The number of hydrogen-bond donors (Lipinski definition) is 1. The molecule has 22 heavy (non-hydrogen) atoms. The molecular weight excluding hydrogens is 274 g/mol. The maximum atomic E-state index is 12.3. The molecule has 2 aromatic carbocycles. The first-order valence-corrected chi connectivity index (χ1v) is 7.98. The first kappa shape index (κ1) is 13.4. The third kappa shape index (κ3) is 2.37. The molecule has 1 fully saturated rings. The summed E-state index contributed by atoms with van der Waals surface area (Å²) in [5, 5.41) is 6.54. The molecule has 1 aliphatic carbocycles. The van der Waals surface area contributed by atoms with Crippen molar-refractivity contribution in [1.82, 2.24) is 5.32 Å². The van der Waals surface area contributed by atoms with Crippen LogP contribution in [-0.4, -0.2) is 11.9 Å². The van der Waals surface area contributed by atoms with Gasteiger partial charge in [0.15, 0.2) is 0 Å². The topological polar surface area (TPSA) is 42.2 Å². The Morgan fingerprint density at radius 1 is 1.14 bits per heavy atom. The summed E-state index contributed by atoms with van der Waals surface area (Å²) in [5.41, 5.74) is 1.82. The number of carbonyl (C=O) groups excluding carboxylic acids is 1. The molecule has 1 aliphatic rings. The summed E-state index contributed by atoms with van der Waals surface area (Å²) in [7, 11) is 0. The maximum absolute atomic E-state index is 12.3. The highest BCUT2D eigenvalue weighted by Gasteiger charge is 2.19. The second-order valence-corrected chi connectivity index (χ2v) is 6.15. The fraction of sp³-hybridized carbons (Fsp3) is 0.316. The Hall–Kier alpha value is -2.29. The predicted octanol–water partition coefficient (Wildman–Crippen LogP) is 4.19. The van der Waals surface area contributed by atoms with Gasteiger partial charge in [-0.15, -0.1) is 0 Å². The van der Waals surface area contributed by atoms with E-state index in [1.165, 1.54) is 18.2 Å². The molecule has 0 spiro atoms. The molecule has 112 valence electrons. The van der Waals surface area contributed by atoms with Gasteiger partial charge < -0.3 is 9.73 Å². The molecule has 1 amide bonds. The van der Waals surface area contributed by atoms with Crippen LogP contribution in [-0.2, 0) is 11.2 Å². The average molecular weight is 293 g/mol. The van der Waals surface area contributed by atoms with E-state index in [2.05, 4.69) is 23.5 Å². The van der Waals surface area contributed by atoms with Crippen molar-refractivity contribution in [3.63, 3.8) is 0 Å². The summed E-state index contributed by atoms with van der Waals surface area (Å²) in [6.07, 6.45) is 6.79. The number of amides is 1. The Kier molecular flexibility index (Phi) is 3.34. The van der Waals surface area contributed by atoms with E-state index in [4.69, 9.17) is 4.42 Å². The second kappa shape index (κ2) is 5.48. The Balaban J connectivity index is 1.66. The van der Waals surface area contributed by atoms with E-state index in [1.54, 1.807) is 6.26 Å². The number of carbonyl (C=O) groups is 1. The molecule has 0 saturated heterocycles. The van der Waals surface area contributed by atoms with Gasteiger partial charge in [0.2, 0.25) is 5.91 Å². The predicted molar refractivity (Wildman–Crippen MR) is 87.8 cm³/mol. The average Bonchev–Trinajstić information content (AvgIpc) is 3.17. The van der Waals surface area contributed by atoms with E-state index >= 15 is 0 Å². The number of fused-ring (bicyclic) bond motifs is 3. The first-order chi connectivity index (χ1) is 10.8. The molecule has 1 heterocycles. The molecule has 0 aliphatic heterocycles. The summed E-state index contributed by atoms with van der Waals surface area (Å²) >= 11 is 0. The minimum absolute atomic E-state index is 0.0996. The Bertz CT molecular complexity index is 828. The van der Waals surface area contributed by atoms with Crippen molar-refractivity contribution in [3.8, 4) is 0 Å². The van der Waals surface area contributed by atoms with Crippen LogP contribution in [0.15, 0.2) is 47.1 Å². The van der Waals surface area contributed by atoms with E-state index < -0.39 is 0 Å². The summed E-state index contributed by atoms with van der Waals surface area (Å²) in [4.78, 5) is 12.3. The minimum Gasteiger partial charge on any atom is -0.464 e. The zero-order valence-electron chi connectivity index (χ0n) is 12.5. The van der Waals surface area contributed by atoms with Crippen LogP contribution >= 0.6 is 0 Å². The lowest BCUT2D eigenvalue weighted by Gasteiger charge is -2.11. The van der Waals surface area contributed by atoms with Crippen LogP contribution in [0.3, 0.4) is 0 Å². The van der Waals surface area contributed by atoms with E-state index in [9.17, 15) is 4.79 Å². The van der Waals surface area contributed by atoms with Crippen molar-refractivity contribution in [2.75, 3.05) is 0 Å². The van der Waals surface area contributed by atoms with Crippen LogP contribution in [0.5, 0.6) is 0 Å². The van der Waals surface area contributed by atoms with Crippen LogP contribution in [0.1, 0.15) is 31.2 Å². The van der Waals surface area contributed by atoms with Gasteiger partial charge in [-0.2, -0.15) is 0 Å². The van der Waals surface area contributed by atoms with Gasteiger partial charge in [0, 0.05) is 17.0 Å². The maximum Gasteiger partial charge on any atom is 0.224 e. The number of hydrogen-bond acceptors (Lipinski definition) is 2.